The third kappa shape index (κ3) is 1.58. The molecule has 82 valence electrons. The van der Waals surface area contributed by atoms with E-state index in [4.69, 9.17) is 0 Å². The van der Waals surface area contributed by atoms with E-state index in [1.54, 1.807) is 0 Å². The predicted octanol–water partition coefficient (Wildman–Crippen LogP) is 1.19. The van der Waals surface area contributed by atoms with Crippen LogP contribution in [-0.2, 0) is 0 Å². The van der Waals surface area contributed by atoms with Crippen molar-refractivity contribution in [1.82, 2.24) is 19.7 Å². The lowest BCUT2D eigenvalue weighted by molar-refractivity contribution is 0.101. The summed E-state index contributed by atoms with van der Waals surface area (Å²) >= 11 is 0. The molecule has 6 nitrogen and oxygen atoms in total. The Labute approximate surface area is 91.7 Å². The van der Waals surface area contributed by atoms with Gasteiger partial charge in [-0.05, 0) is 25.0 Å². The van der Waals surface area contributed by atoms with Gasteiger partial charge in [0.05, 0.1) is 0 Å². The van der Waals surface area contributed by atoms with Crippen LogP contribution in [0.5, 0.6) is 0 Å². The molecule has 2 heterocycles. The van der Waals surface area contributed by atoms with Gasteiger partial charge < -0.3 is 4.57 Å². The second-order valence-electron chi connectivity index (χ2n) is 3.82. The zero-order valence-electron chi connectivity index (χ0n) is 8.55. The maximum absolute atomic E-state index is 11.9. The van der Waals surface area contributed by atoms with E-state index in [0.717, 1.165) is 12.8 Å². The van der Waals surface area contributed by atoms with E-state index in [1.807, 2.05) is 22.9 Å². The summed E-state index contributed by atoms with van der Waals surface area (Å²) in [5.74, 6) is 0.210. The highest BCUT2D eigenvalue weighted by atomic mass is 16.2. The van der Waals surface area contributed by atoms with Crippen molar-refractivity contribution >= 4 is 11.9 Å². The van der Waals surface area contributed by atoms with Crippen LogP contribution in [0.2, 0.25) is 0 Å². The summed E-state index contributed by atoms with van der Waals surface area (Å²) in [7, 11) is 0. The van der Waals surface area contributed by atoms with Gasteiger partial charge in [0.25, 0.3) is 5.91 Å². The summed E-state index contributed by atoms with van der Waals surface area (Å²) < 4.78 is 2.01. The van der Waals surface area contributed by atoms with Crippen molar-refractivity contribution in [2.75, 3.05) is 5.32 Å². The third-order valence-corrected chi connectivity index (χ3v) is 2.60. The topological polar surface area (TPSA) is 75.6 Å². The number of H-pyrrole nitrogens is 1. The molecule has 2 aromatic rings. The molecule has 1 amide bonds. The predicted molar refractivity (Wildman–Crippen MR) is 57.0 cm³/mol. The largest absolute Gasteiger partial charge is 0.340 e. The van der Waals surface area contributed by atoms with Crippen LogP contribution in [0.15, 0.2) is 24.7 Å². The molecular formula is C10H11N5O. The second kappa shape index (κ2) is 3.48. The molecule has 0 aromatic carbocycles. The van der Waals surface area contributed by atoms with Gasteiger partial charge in [-0.2, -0.15) is 10.1 Å². The molecule has 0 saturated heterocycles. The number of aromatic nitrogens is 4. The summed E-state index contributed by atoms with van der Waals surface area (Å²) in [6.45, 7) is 0. The van der Waals surface area contributed by atoms with Crippen LogP contribution in [0, 0.1) is 0 Å². The van der Waals surface area contributed by atoms with Gasteiger partial charge in [-0.25, -0.2) is 5.10 Å². The fourth-order valence-electron chi connectivity index (χ4n) is 1.69. The molecule has 0 bridgehead atoms. The first-order chi connectivity index (χ1) is 7.84. The molecule has 0 radical (unpaired) electrons. The molecule has 2 aromatic heterocycles. The number of rotatable bonds is 3. The Kier molecular flexibility index (Phi) is 1.99. The maximum atomic E-state index is 11.9. The highest BCUT2D eigenvalue weighted by Gasteiger charge is 2.26. The SMILES string of the molecule is O=C(Nc1ncn[nH]1)c1cccn1C1CC1. The van der Waals surface area contributed by atoms with Crippen LogP contribution in [0.4, 0.5) is 5.95 Å². The van der Waals surface area contributed by atoms with Crippen molar-refractivity contribution < 1.29 is 4.79 Å². The standard InChI is InChI=1S/C10H11N5O/c16-9(13-10-11-6-12-14-10)8-2-1-5-15(8)7-3-4-7/h1-2,5-7H,3-4H2,(H2,11,12,13,14,16). The van der Waals surface area contributed by atoms with Gasteiger partial charge in [0.2, 0.25) is 5.95 Å². The van der Waals surface area contributed by atoms with Gasteiger partial charge in [-0.1, -0.05) is 0 Å². The van der Waals surface area contributed by atoms with Crippen molar-refractivity contribution in [3.8, 4) is 0 Å². The van der Waals surface area contributed by atoms with Crippen molar-refractivity contribution in [2.45, 2.75) is 18.9 Å². The van der Waals surface area contributed by atoms with E-state index in [-0.39, 0.29) is 5.91 Å². The molecule has 0 aliphatic heterocycles. The minimum atomic E-state index is -0.159. The zero-order valence-corrected chi connectivity index (χ0v) is 8.55. The fourth-order valence-corrected chi connectivity index (χ4v) is 1.69. The monoisotopic (exact) mass is 217 g/mol. The van der Waals surface area contributed by atoms with Gasteiger partial charge in [-0.15, -0.1) is 0 Å². The Hall–Kier alpha value is -2.11. The summed E-state index contributed by atoms with van der Waals surface area (Å²) in [5, 5.41) is 8.92. The van der Waals surface area contributed by atoms with Gasteiger partial charge in [-0.3, -0.25) is 10.1 Å². The third-order valence-electron chi connectivity index (χ3n) is 2.60. The van der Waals surface area contributed by atoms with Gasteiger partial charge in [0.15, 0.2) is 0 Å². The molecule has 0 unspecified atom stereocenters. The van der Waals surface area contributed by atoms with E-state index >= 15 is 0 Å². The Morgan fingerprint density at radius 2 is 2.44 bits per heavy atom. The van der Waals surface area contributed by atoms with E-state index in [0.29, 0.717) is 17.7 Å². The normalized spacial score (nSPS) is 15.0. The van der Waals surface area contributed by atoms with Crippen molar-refractivity contribution in [3.63, 3.8) is 0 Å². The molecule has 6 heteroatoms. The van der Waals surface area contributed by atoms with E-state index in [1.165, 1.54) is 6.33 Å². The lowest BCUT2D eigenvalue weighted by Gasteiger charge is -2.06. The van der Waals surface area contributed by atoms with Crippen LogP contribution in [0.25, 0.3) is 0 Å². The Bertz CT molecular complexity index is 497. The van der Waals surface area contributed by atoms with Crippen LogP contribution in [-0.4, -0.2) is 25.7 Å². The summed E-state index contributed by atoms with van der Waals surface area (Å²) in [5.41, 5.74) is 0.666. The molecule has 1 aliphatic carbocycles. The number of anilines is 1. The number of amides is 1. The van der Waals surface area contributed by atoms with Crippen LogP contribution < -0.4 is 5.32 Å². The fraction of sp³-hybridized carbons (Fsp3) is 0.300. The van der Waals surface area contributed by atoms with Crippen LogP contribution >= 0.6 is 0 Å². The second-order valence-corrected chi connectivity index (χ2v) is 3.82. The Morgan fingerprint density at radius 3 is 3.12 bits per heavy atom. The number of carbonyl (C=O) groups excluding carboxylic acids is 1. The quantitative estimate of drug-likeness (QED) is 0.810. The highest BCUT2D eigenvalue weighted by Crippen LogP contribution is 2.36. The smallest absolute Gasteiger partial charge is 0.274 e. The lowest BCUT2D eigenvalue weighted by Crippen LogP contribution is -2.17. The number of nitrogens with zero attached hydrogens (tertiary/aromatic N) is 3. The van der Waals surface area contributed by atoms with Crippen LogP contribution in [0.3, 0.4) is 0 Å². The highest BCUT2D eigenvalue weighted by molar-refractivity contribution is 6.02. The average molecular weight is 217 g/mol. The van der Waals surface area contributed by atoms with E-state index < -0.39 is 0 Å². The van der Waals surface area contributed by atoms with Gasteiger partial charge in [0, 0.05) is 12.2 Å². The first-order valence-electron chi connectivity index (χ1n) is 5.18. The van der Waals surface area contributed by atoms with Crippen molar-refractivity contribution in [3.05, 3.63) is 30.4 Å². The molecular weight excluding hydrogens is 206 g/mol. The van der Waals surface area contributed by atoms with Gasteiger partial charge in [0.1, 0.15) is 12.0 Å². The molecule has 3 rings (SSSR count). The number of nitrogens with one attached hydrogen (secondary N) is 2. The average Bonchev–Trinajstić information content (AvgIpc) is 2.82. The maximum Gasteiger partial charge on any atom is 0.274 e. The number of aromatic amines is 1. The molecule has 0 atom stereocenters. The number of hydrogen-bond donors (Lipinski definition) is 2. The Morgan fingerprint density at radius 1 is 1.56 bits per heavy atom. The first-order valence-corrected chi connectivity index (χ1v) is 5.18. The molecule has 1 saturated carbocycles. The minimum absolute atomic E-state index is 0.159. The van der Waals surface area contributed by atoms with Crippen molar-refractivity contribution in [2.24, 2.45) is 0 Å². The zero-order chi connectivity index (χ0) is 11.0. The molecule has 1 aliphatic rings. The first kappa shape index (κ1) is 9.14. The Balaban J connectivity index is 1.80. The van der Waals surface area contributed by atoms with Crippen molar-refractivity contribution in [1.29, 1.82) is 0 Å². The van der Waals surface area contributed by atoms with E-state index in [2.05, 4.69) is 20.5 Å². The molecule has 1 fully saturated rings. The van der Waals surface area contributed by atoms with Crippen LogP contribution in [0.1, 0.15) is 29.4 Å². The molecule has 2 N–H and O–H groups in total. The number of carbonyl (C=O) groups is 1. The summed E-state index contributed by atoms with van der Waals surface area (Å²) in [4.78, 5) is 15.8. The van der Waals surface area contributed by atoms with E-state index in [9.17, 15) is 4.79 Å². The number of hydrogen-bond acceptors (Lipinski definition) is 3. The summed E-state index contributed by atoms with van der Waals surface area (Å²) in [6.07, 6.45) is 5.59. The van der Waals surface area contributed by atoms with Gasteiger partial charge >= 0.3 is 0 Å². The summed E-state index contributed by atoms with van der Waals surface area (Å²) in [6, 6.07) is 4.18. The minimum Gasteiger partial charge on any atom is -0.340 e. The lowest BCUT2D eigenvalue weighted by atomic mass is 10.4. The molecule has 16 heavy (non-hydrogen) atoms. The molecule has 0 spiro atoms.